The van der Waals surface area contributed by atoms with Crippen molar-refractivity contribution in [2.24, 2.45) is 0 Å². The van der Waals surface area contributed by atoms with E-state index in [1.807, 2.05) is 18.2 Å². The number of fused-ring (bicyclic) bond motifs is 1. The van der Waals surface area contributed by atoms with Crippen LogP contribution in [-0.4, -0.2) is 24.5 Å². The number of carbonyl (C=O) groups excluding carboxylic acids is 1. The summed E-state index contributed by atoms with van der Waals surface area (Å²) in [6, 6.07) is 12.8. The van der Waals surface area contributed by atoms with Crippen LogP contribution in [0.25, 0.3) is 0 Å². The highest BCUT2D eigenvalue weighted by Gasteiger charge is 2.32. The highest BCUT2D eigenvalue weighted by Crippen LogP contribution is 2.32. The third kappa shape index (κ3) is 5.97. The van der Waals surface area contributed by atoms with Crippen molar-refractivity contribution < 1.29 is 27.1 Å². The van der Waals surface area contributed by atoms with E-state index in [0.29, 0.717) is 30.6 Å². The maximum Gasteiger partial charge on any atom is 0.433 e. The van der Waals surface area contributed by atoms with Crippen LogP contribution in [0.3, 0.4) is 0 Å². The number of ether oxygens (including phenoxy) is 1. The van der Waals surface area contributed by atoms with Gasteiger partial charge in [-0.05, 0) is 59.4 Å². The van der Waals surface area contributed by atoms with E-state index in [4.69, 9.17) is 4.74 Å². The predicted octanol–water partition coefficient (Wildman–Crippen LogP) is 4.93. The summed E-state index contributed by atoms with van der Waals surface area (Å²) in [6.45, 7) is 0.602. The molecule has 1 aliphatic rings. The molecule has 1 aromatic heterocycles. The number of hydrogen-bond donors (Lipinski definition) is 2. The number of nitrogens with one attached hydrogen (secondary N) is 2. The first kappa shape index (κ1) is 24.7. The van der Waals surface area contributed by atoms with Crippen molar-refractivity contribution in [1.29, 1.82) is 0 Å². The molecule has 0 aliphatic carbocycles. The topological polar surface area (TPSA) is 63.2 Å². The Kier molecular flexibility index (Phi) is 7.35. The molecule has 0 radical (unpaired) electrons. The first-order chi connectivity index (χ1) is 16.7. The fourth-order valence-electron chi connectivity index (χ4n) is 4.14. The van der Waals surface area contributed by atoms with Crippen LogP contribution < -0.4 is 15.4 Å². The van der Waals surface area contributed by atoms with Gasteiger partial charge in [-0.1, -0.05) is 30.3 Å². The lowest BCUT2D eigenvalue weighted by Crippen LogP contribution is -2.38. The maximum atomic E-state index is 13.5. The monoisotopic (exact) mass is 487 g/mol. The molecule has 4 rings (SSSR count). The molecule has 0 saturated carbocycles. The zero-order chi connectivity index (χ0) is 25.0. The summed E-state index contributed by atoms with van der Waals surface area (Å²) in [5.41, 5.74) is 2.28. The molecule has 2 atom stereocenters. The Hall–Kier alpha value is -3.46. The van der Waals surface area contributed by atoms with Crippen LogP contribution in [0, 0.1) is 5.82 Å². The second-order valence-electron chi connectivity index (χ2n) is 8.37. The Morgan fingerprint density at radius 1 is 1.09 bits per heavy atom. The van der Waals surface area contributed by atoms with Crippen LogP contribution in [0.1, 0.15) is 46.5 Å². The average molecular weight is 487 g/mol. The van der Waals surface area contributed by atoms with E-state index < -0.39 is 23.7 Å². The van der Waals surface area contributed by atoms with Crippen molar-refractivity contribution in [3.05, 3.63) is 94.6 Å². The summed E-state index contributed by atoms with van der Waals surface area (Å²) < 4.78 is 57.7. The van der Waals surface area contributed by atoms with Crippen LogP contribution in [-0.2, 0) is 23.8 Å². The minimum atomic E-state index is -4.50. The van der Waals surface area contributed by atoms with Crippen LogP contribution in [0.15, 0.2) is 60.8 Å². The van der Waals surface area contributed by atoms with Gasteiger partial charge in [0.25, 0.3) is 0 Å². The molecule has 9 heteroatoms. The normalized spacial score (nSPS) is 14.7. The van der Waals surface area contributed by atoms with Gasteiger partial charge in [0.1, 0.15) is 23.3 Å². The zero-order valence-electron chi connectivity index (χ0n) is 19.0. The van der Waals surface area contributed by atoms with Gasteiger partial charge in [0.2, 0.25) is 5.91 Å². The molecule has 5 nitrogen and oxygen atoms in total. The van der Waals surface area contributed by atoms with Gasteiger partial charge in [-0.3, -0.25) is 15.1 Å². The number of carbonyl (C=O) groups is 1. The molecular formula is C26H25F4N3O2. The predicted molar refractivity (Wildman–Crippen MR) is 122 cm³/mol. The second kappa shape index (κ2) is 10.4. The molecular weight excluding hydrogens is 462 g/mol. The zero-order valence-corrected chi connectivity index (χ0v) is 19.0. The molecule has 35 heavy (non-hydrogen) atoms. The summed E-state index contributed by atoms with van der Waals surface area (Å²) in [5.74, 6) is 0.123. The van der Waals surface area contributed by atoms with Gasteiger partial charge in [-0.25, -0.2) is 4.39 Å². The van der Waals surface area contributed by atoms with Crippen molar-refractivity contribution in [1.82, 2.24) is 15.6 Å². The van der Waals surface area contributed by atoms with Gasteiger partial charge < -0.3 is 10.1 Å². The Balaban J connectivity index is 1.60. The van der Waals surface area contributed by atoms with Crippen LogP contribution in [0.5, 0.6) is 5.75 Å². The number of halogens is 4. The molecule has 0 spiro atoms. The van der Waals surface area contributed by atoms with Gasteiger partial charge in [0.05, 0.1) is 6.61 Å². The van der Waals surface area contributed by atoms with Crippen LogP contribution >= 0.6 is 0 Å². The van der Waals surface area contributed by atoms with E-state index in [9.17, 15) is 22.4 Å². The lowest BCUT2D eigenvalue weighted by atomic mass is 9.95. The van der Waals surface area contributed by atoms with E-state index in [1.54, 1.807) is 12.1 Å². The molecule has 0 saturated heterocycles. The van der Waals surface area contributed by atoms with E-state index >= 15 is 0 Å². The second-order valence-corrected chi connectivity index (χ2v) is 8.37. The van der Waals surface area contributed by atoms with Crippen molar-refractivity contribution in [3.8, 4) is 5.75 Å². The molecule has 2 aromatic carbocycles. The molecule has 184 valence electrons. The SMILES string of the molecule is CNC(=O)[C@@H](N[C@H](CCc1ccc(C(F)(F)F)nc1)c1ccc2c(c1)CCO2)c1ccc(F)cc1. The standard InChI is InChI=1S/C26H25F4N3O2/c1-31-25(34)24(17-4-7-20(27)8-5-17)33-21(18-6-10-22-19(14-18)12-13-35-22)9-2-16-3-11-23(32-15-16)26(28,29)30/h3-8,10-11,14-15,21,24,33H,2,9,12-13H2,1H3,(H,31,34)/t21-,24+/m1/s1. The van der Waals surface area contributed by atoms with Crippen LogP contribution in [0.2, 0.25) is 0 Å². The summed E-state index contributed by atoms with van der Waals surface area (Å²) in [4.78, 5) is 16.3. The number of alkyl halides is 3. The number of likely N-dealkylation sites (N-methyl/N-ethyl adjacent to an activating group) is 1. The van der Waals surface area contributed by atoms with Gasteiger partial charge in [-0.15, -0.1) is 0 Å². The Morgan fingerprint density at radius 2 is 1.83 bits per heavy atom. The van der Waals surface area contributed by atoms with Crippen molar-refractivity contribution in [2.45, 2.75) is 37.5 Å². The molecule has 3 aromatic rings. The molecule has 0 bridgehead atoms. The smallest absolute Gasteiger partial charge is 0.433 e. The Labute approximate surface area is 200 Å². The molecule has 0 unspecified atom stereocenters. The third-order valence-corrected chi connectivity index (χ3v) is 6.03. The summed E-state index contributed by atoms with van der Waals surface area (Å²) in [5, 5.41) is 6.02. The summed E-state index contributed by atoms with van der Waals surface area (Å²) >= 11 is 0. The van der Waals surface area contributed by atoms with Crippen molar-refractivity contribution in [3.63, 3.8) is 0 Å². The van der Waals surface area contributed by atoms with Crippen molar-refractivity contribution >= 4 is 5.91 Å². The average Bonchev–Trinajstić information content (AvgIpc) is 3.32. The Morgan fingerprint density at radius 3 is 2.49 bits per heavy atom. The van der Waals surface area contributed by atoms with Gasteiger partial charge in [0.15, 0.2) is 0 Å². The fourth-order valence-corrected chi connectivity index (χ4v) is 4.14. The van der Waals surface area contributed by atoms with Gasteiger partial charge in [0, 0.05) is 25.7 Å². The fraction of sp³-hybridized carbons (Fsp3) is 0.308. The first-order valence-electron chi connectivity index (χ1n) is 11.3. The maximum absolute atomic E-state index is 13.5. The molecule has 0 fully saturated rings. The van der Waals surface area contributed by atoms with E-state index in [-0.39, 0.29) is 11.9 Å². The number of rotatable bonds is 8. The van der Waals surface area contributed by atoms with Crippen LogP contribution in [0.4, 0.5) is 17.6 Å². The molecule has 1 amide bonds. The number of pyridine rings is 1. The molecule has 2 N–H and O–H groups in total. The Bertz CT molecular complexity index is 1160. The van der Waals surface area contributed by atoms with Crippen molar-refractivity contribution in [2.75, 3.05) is 13.7 Å². The quantitative estimate of drug-likeness (QED) is 0.443. The van der Waals surface area contributed by atoms with E-state index in [1.165, 1.54) is 31.4 Å². The number of aryl methyl sites for hydroxylation is 1. The van der Waals surface area contributed by atoms with Gasteiger partial charge in [-0.2, -0.15) is 13.2 Å². The number of aromatic nitrogens is 1. The third-order valence-electron chi connectivity index (χ3n) is 6.03. The largest absolute Gasteiger partial charge is 0.493 e. The van der Waals surface area contributed by atoms with E-state index in [0.717, 1.165) is 29.4 Å². The van der Waals surface area contributed by atoms with E-state index in [2.05, 4.69) is 15.6 Å². The highest BCUT2D eigenvalue weighted by atomic mass is 19.4. The minimum absolute atomic E-state index is 0.290. The minimum Gasteiger partial charge on any atom is -0.493 e. The molecule has 1 aliphatic heterocycles. The van der Waals surface area contributed by atoms with Gasteiger partial charge >= 0.3 is 6.18 Å². The number of nitrogens with zero attached hydrogens (tertiary/aromatic N) is 1. The molecule has 2 heterocycles. The number of amides is 1. The number of benzene rings is 2. The summed E-state index contributed by atoms with van der Waals surface area (Å²) in [6.07, 6.45) is -1.57. The lowest BCUT2D eigenvalue weighted by molar-refractivity contribution is -0.141. The number of hydrogen-bond acceptors (Lipinski definition) is 4. The highest BCUT2D eigenvalue weighted by molar-refractivity contribution is 5.83. The summed E-state index contributed by atoms with van der Waals surface area (Å²) in [7, 11) is 1.52. The lowest BCUT2D eigenvalue weighted by Gasteiger charge is -2.26. The first-order valence-corrected chi connectivity index (χ1v) is 11.3.